The van der Waals surface area contributed by atoms with E-state index in [1.54, 1.807) is 29.7 Å². The molecule has 0 bridgehead atoms. The Morgan fingerprint density at radius 1 is 1.38 bits per heavy atom. The molecule has 0 saturated carbocycles. The van der Waals surface area contributed by atoms with Crippen molar-refractivity contribution in [2.75, 3.05) is 19.7 Å². The van der Waals surface area contributed by atoms with Crippen molar-refractivity contribution in [2.24, 2.45) is 5.41 Å². The molecule has 0 radical (unpaired) electrons. The summed E-state index contributed by atoms with van der Waals surface area (Å²) in [5.74, 6) is -0.151. The van der Waals surface area contributed by atoms with Gasteiger partial charge in [-0.2, -0.15) is 0 Å². The number of aromatic nitrogens is 1. The predicted octanol–water partition coefficient (Wildman–Crippen LogP) is 2.67. The lowest BCUT2D eigenvalue weighted by molar-refractivity contribution is -0.130. The molecule has 1 atom stereocenters. The van der Waals surface area contributed by atoms with Crippen LogP contribution in [0.15, 0.2) is 35.8 Å². The van der Waals surface area contributed by atoms with Crippen molar-refractivity contribution in [1.82, 2.24) is 9.88 Å². The van der Waals surface area contributed by atoms with Gasteiger partial charge >= 0.3 is 0 Å². The molecule has 1 aliphatic heterocycles. The third kappa shape index (κ3) is 3.99. The summed E-state index contributed by atoms with van der Waals surface area (Å²) >= 11 is 1.56. The first-order valence-corrected chi connectivity index (χ1v) is 9.00. The lowest BCUT2D eigenvalue weighted by Crippen LogP contribution is -2.35. The number of halogens is 1. The van der Waals surface area contributed by atoms with Gasteiger partial charge in [0.25, 0.3) is 0 Å². The van der Waals surface area contributed by atoms with Gasteiger partial charge in [0.05, 0.1) is 11.6 Å². The highest BCUT2D eigenvalue weighted by molar-refractivity contribution is 7.09. The lowest BCUT2D eigenvalue weighted by atomic mass is 9.81. The van der Waals surface area contributed by atoms with Crippen LogP contribution in [0.5, 0.6) is 0 Å². The number of thiazole rings is 1. The van der Waals surface area contributed by atoms with Gasteiger partial charge < -0.3 is 10.0 Å². The largest absolute Gasteiger partial charge is 0.396 e. The number of amides is 1. The minimum Gasteiger partial charge on any atom is -0.396 e. The Morgan fingerprint density at radius 2 is 2.17 bits per heavy atom. The van der Waals surface area contributed by atoms with E-state index in [0.29, 0.717) is 32.4 Å². The molecule has 4 nitrogen and oxygen atoms in total. The summed E-state index contributed by atoms with van der Waals surface area (Å²) in [6.45, 7) is 1.25. The monoisotopic (exact) mass is 348 g/mol. The molecule has 2 heterocycles. The fourth-order valence-corrected chi connectivity index (χ4v) is 3.88. The topological polar surface area (TPSA) is 53.4 Å². The van der Waals surface area contributed by atoms with Gasteiger partial charge in [-0.1, -0.05) is 12.1 Å². The Kier molecular flexibility index (Phi) is 5.26. The number of aliphatic hydroxyl groups is 1. The van der Waals surface area contributed by atoms with Crippen LogP contribution in [0.4, 0.5) is 4.39 Å². The maximum absolute atomic E-state index is 13.0. The van der Waals surface area contributed by atoms with Gasteiger partial charge in [-0.3, -0.25) is 4.79 Å². The summed E-state index contributed by atoms with van der Waals surface area (Å²) in [4.78, 5) is 18.5. The fraction of sp³-hybridized carbons (Fsp3) is 0.444. The van der Waals surface area contributed by atoms with Crippen molar-refractivity contribution in [2.45, 2.75) is 25.7 Å². The van der Waals surface area contributed by atoms with E-state index in [-0.39, 0.29) is 23.7 Å². The number of likely N-dealkylation sites (tertiary alicyclic amines) is 1. The lowest BCUT2D eigenvalue weighted by Gasteiger charge is -2.27. The van der Waals surface area contributed by atoms with E-state index in [1.807, 2.05) is 10.3 Å². The van der Waals surface area contributed by atoms with Crippen LogP contribution in [-0.2, 0) is 17.6 Å². The van der Waals surface area contributed by atoms with Crippen molar-refractivity contribution in [1.29, 1.82) is 0 Å². The number of hydrogen-bond acceptors (Lipinski definition) is 4. The Balaban J connectivity index is 1.58. The summed E-state index contributed by atoms with van der Waals surface area (Å²) in [7, 11) is 0. The molecule has 0 aliphatic carbocycles. The van der Waals surface area contributed by atoms with Gasteiger partial charge in [-0.25, -0.2) is 9.37 Å². The fourth-order valence-electron chi connectivity index (χ4n) is 3.26. The second-order valence-corrected chi connectivity index (χ2v) is 7.43. The molecule has 2 aromatic rings. The van der Waals surface area contributed by atoms with Crippen LogP contribution in [0.2, 0.25) is 0 Å². The average Bonchev–Trinajstić information content (AvgIpc) is 3.25. The van der Waals surface area contributed by atoms with E-state index < -0.39 is 0 Å². The molecule has 1 aromatic carbocycles. The Hall–Kier alpha value is -1.79. The van der Waals surface area contributed by atoms with Crippen molar-refractivity contribution < 1.29 is 14.3 Å². The first kappa shape index (κ1) is 17.0. The zero-order valence-corrected chi connectivity index (χ0v) is 14.3. The van der Waals surface area contributed by atoms with Crippen molar-refractivity contribution in [3.63, 3.8) is 0 Å². The molecule has 1 unspecified atom stereocenters. The summed E-state index contributed by atoms with van der Waals surface area (Å²) in [5, 5.41) is 12.8. The van der Waals surface area contributed by atoms with E-state index >= 15 is 0 Å². The van der Waals surface area contributed by atoms with Crippen LogP contribution in [-0.4, -0.2) is 40.6 Å². The molecule has 6 heteroatoms. The zero-order chi connectivity index (χ0) is 17.0. The third-order valence-corrected chi connectivity index (χ3v) is 5.49. The molecule has 128 valence electrons. The van der Waals surface area contributed by atoms with Crippen LogP contribution in [0, 0.1) is 11.2 Å². The number of carbonyl (C=O) groups excluding carboxylic acids is 1. The molecule has 24 heavy (non-hydrogen) atoms. The maximum Gasteiger partial charge on any atom is 0.223 e. The second-order valence-electron chi connectivity index (χ2n) is 6.45. The number of aryl methyl sites for hydroxylation is 1. The van der Waals surface area contributed by atoms with Gasteiger partial charge in [0.1, 0.15) is 5.82 Å². The third-order valence-electron chi connectivity index (χ3n) is 4.66. The van der Waals surface area contributed by atoms with E-state index in [2.05, 4.69) is 4.98 Å². The second kappa shape index (κ2) is 7.40. The molecule has 1 N–H and O–H groups in total. The normalized spacial score (nSPS) is 20.5. The van der Waals surface area contributed by atoms with Crippen LogP contribution in [0.3, 0.4) is 0 Å². The average molecular weight is 348 g/mol. The highest BCUT2D eigenvalue weighted by atomic mass is 32.1. The van der Waals surface area contributed by atoms with Gasteiger partial charge in [0, 0.05) is 42.9 Å². The number of rotatable bonds is 6. The molecule has 3 rings (SSSR count). The van der Waals surface area contributed by atoms with Crippen molar-refractivity contribution >= 4 is 17.2 Å². The number of hydrogen-bond donors (Lipinski definition) is 1. The standard InChI is InChI=1S/C18H21FN2O2S/c19-15-3-1-14(2-4-15)11-18(13-22)7-9-21(12-18)17(23)6-5-16-20-8-10-24-16/h1-4,8,10,22H,5-7,9,11-13H2. The quantitative estimate of drug-likeness (QED) is 0.873. The van der Waals surface area contributed by atoms with E-state index in [9.17, 15) is 14.3 Å². The predicted molar refractivity (Wildman–Crippen MR) is 91.3 cm³/mol. The first-order valence-electron chi connectivity index (χ1n) is 8.12. The molecular formula is C18H21FN2O2S. The summed E-state index contributed by atoms with van der Waals surface area (Å²) in [5.41, 5.74) is 0.664. The molecule has 1 amide bonds. The van der Waals surface area contributed by atoms with Gasteiger partial charge in [0.15, 0.2) is 0 Å². The number of benzene rings is 1. The van der Waals surface area contributed by atoms with Crippen molar-refractivity contribution in [3.8, 4) is 0 Å². The summed E-state index contributed by atoms with van der Waals surface area (Å²) in [6.07, 6.45) is 4.28. The van der Waals surface area contributed by atoms with Gasteiger partial charge in [-0.05, 0) is 30.5 Å². The van der Waals surface area contributed by atoms with Crippen LogP contribution >= 0.6 is 11.3 Å². The van der Waals surface area contributed by atoms with Gasteiger partial charge in [-0.15, -0.1) is 11.3 Å². The smallest absolute Gasteiger partial charge is 0.223 e. The molecule has 1 aromatic heterocycles. The van der Waals surface area contributed by atoms with Gasteiger partial charge in [0.2, 0.25) is 5.91 Å². The summed E-state index contributed by atoms with van der Waals surface area (Å²) < 4.78 is 13.0. The Morgan fingerprint density at radius 3 is 2.83 bits per heavy atom. The van der Waals surface area contributed by atoms with Crippen LogP contribution in [0.25, 0.3) is 0 Å². The van der Waals surface area contributed by atoms with Crippen LogP contribution in [0.1, 0.15) is 23.4 Å². The van der Waals surface area contributed by atoms with E-state index in [4.69, 9.17) is 0 Å². The highest BCUT2D eigenvalue weighted by Crippen LogP contribution is 2.34. The highest BCUT2D eigenvalue weighted by Gasteiger charge is 2.39. The molecule has 1 aliphatic rings. The molecule has 0 spiro atoms. The Labute approximate surface area is 145 Å². The number of aliphatic hydroxyl groups excluding tert-OH is 1. The minimum atomic E-state index is -0.325. The SMILES string of the molecule is O=C(CCc1nccs1)N1CCC(CO)(Cc2ccc(F)cc2)C1. The zero-order valence-electron chi connectivity index (χ0n) is 13.4. The minimum absolute atomic E-state index is 0.0284. The van der Waals surface area contributed by atoms with Crippen LogP contribution < -0.4 is 0 Å². The number of carbonyl (C=O) groups is 1. The Bertz CT molecular complexity index is 675. The summed E-state index contributed by atoms with van der Waals surface area (Å²) in [6, 6.07) is 6.37. The van der Waals surface area contributed by atoms with Crippen molar-refractivity contribution in [3.05, 3.63) is 52.2 Å². The molecule has 1 saturated heterocycles. The first-order chi connectivity index (χ1) is 11.6. The molecular weight excluding hydrogens is 327 g/mol. The number of nitrogens with zero attached hydrogens (tertiary/aromatic N) is 2. The van der Waals surface area contributed by atoms with E-state index in [0.717, 1.165) is 17.0 Å². The molecule has 1 fully saturated rings. The van der Waals surface area contributed by atoms with E-state index in [1.165, 1.54) is 12.1 Å². The maximum atomic E-state index is 13.0.